The second-order valence-corrected chi connectivity index (χ2v) is 7.98. The normalized spacial score (nSPS) is 15.7. The SMILES string of the molecule is CCOc1ccccc1N1C(=O)CS[C@H]1c1ccc(NC(=O)c2cccc(F)c2)cc1. The number of nitrogens with zero attached hydrogens (tertiary/aromatic N) is 1. The van der Waals surface area contributed by atoms with Crippen LogP contribution in [0.2, 0.25) is 0 Å². The summed E-state index contributed by atoms with van der Waals surface area (Å²) in [5.74, 6) is 0.224. The van der Waals surface area contributed by atoms with Gasteiger partial charge in [-0.15, -0.1) is 11.8 Å². The Morgan fingerprint density at radius 3 is 2.65 bits per heavy atom. The molecule has 1 aliphatic rings. The van der Waals surface area contributed by atoms with Gasteiger partial charge >= 0.3 is 0 Å². The zero-order valence-corrected chi connectivity index (χ0v) is 17.7. The molecular formula is C24H21FN2O3S. The number of halogens is 1. The van der Waals surface area contributed by atoms with Gasteiger partial charge in [-0.2, -0.15) is 0 Å². The van der Waals surface area contributed by atoms with E-state index in [0.717, 1.165) is 11.3 Å². The highest BCUT2D eigenvalue weighted by molar-refractivity contribution is 8.00. The summed E-state index contributed by atoms with van der Waals surface area (Å²) in [6, 6.07) is 20.4. The van der Waals surface area contributed by atoms with Gasteiger partial charge in [0, 0.05) is 11.3 Å². The molecule has 0 unspecified atom stereocenters. The number of carbonyl (C=O) groups excluding carboxylic acids is 2. The van der Waals surface area contributed by atoms with Crippen LogP contribution in [0.25, 0.3) is 0 Å². The minimum atomic E-state index is -0.460. The number of carbonyl (C=O) groups is 2. The summed E-state index contributed by atoms with van der Waals surface area (Å²) in [6.45, 7) is 2.42. The number of hydrogen-bond donors (Lipinski definition) is 1. The first-order chi connectivity index (χ1) is 15.1. The Morgan fingerprint density at radius 1 is 1.13 bits per heavy atom. The molecule has 5 nitrogen and oxygen atoms in total. The van der Waals surface area contributed by atoms with Crippen molar-refractivity contribution in [2.75, 3.05) is 22.6 Å². The molecule has 1 atom stereocenters. The third-order valence-electron chi connectivity index (χ3n) is 4.83. The average molecular weight is 437 g/mol. The number of anilines is 2. The van der Waals surface area contributed by atoms with Crippen molar-refractivity contribution in [3.63, 3.8) is 0 Å². The fourth-order valence-electron chi connectivity index (χ4n) is 3.43. The van der Waals surface area contributed by atoms with Gasteiger partial charge in [-0.1, -0.05) is 30.3 Å². The highest BCUT2D eigenvalue weighted by Gasteiger charge is 2.35. The van der Waals surface area contributed by atoms with E-state index in [1.807, 2.05) is 43.3 Å². The maximum absolute atomic E-state index is 13.4. The van der Waals surface area contributed by atoms with Crippen LogP contribution in [0.15, 0.2) is 72.8 Å². The van der Waals surface area contributed by atoms with E-state index < -0.39 is 5.82 Å². The van der Waals surface area contributed by atoms with Crippen LogP contribution in [0.1, 0.15) is 28.2 Å². The van der Waals surface area contributed by atoms with Crippen LogP contribution in [-0.4, -0.2) is 24.2 Å². The molecule has 1 heterocycles. The van der Waals surface area contributed by atoms with E-state index in [0.29, 0.717) is 23.8 Å². The summed E-state index contributed by atoms with van der Waals surface area (Å²) in [7, 11) is 0. The van der Waals surface area contributed by atoms with Crippen LogP contribution in [0, 0.1) is 5.82 Å². The lowest BCUT2D eigenvalue weighted by Crippen LogP contribution is -2.28. The first kappa shape index (κ1) is 20.9. The van der Waals surface area contributed by atoms with Gasteiger partial charge in [-0.25, -0.2) is 4.39 Å². The number of rotatable bonds is 6. The molecule has 158 valence electrons. The molecule has 3 aromatic carbocycles. The first-order valence-corrected chi connectivity index (χ1v) is 10.9. The van der Waals surface area contributed by atoms with Crippen molar-refractivity contribution in [2.24, 2.45) is 0 Å². The second-order valence-electron chi connectivity index (χ2n) is 6.91. The number of ether oxygens (including phenoxy) is 1. The molecule has 0 spiro atoms. The maximum atomic E-state index is 13.4. The van der Waals surface area contributed by atoms with Crippen molar-refractivity contribution in [1.82, 2.24) is 0 Å². The fourth-order valence-corrected chi connectivity index (χ4v) is 4.60. The van der Waals surface area contributed by atoms with E-state index in [1.165, 1.54) is 18.2 Å². The number of benzene rings is 3. The van der Waals surface area contributed by atoms with Crippen molar-refractivity contribution in [1.29, 1.82) is 0 Å². The van der Waals surface area contributed by atoms with Gasteiger partial charge < -0.3 is 10.1 Å². The molecule has 2 amide bonds. The van der Waals surface area contributed by atoms with Crippen LogP contribution in [0.5, 0.6) is 5.75 Å². The predicted molar refractivity (Wildman–Crippen MR) is 121 cm³/mol. The molecule has 4 rings (SSSR count). The minimum absolute atomic E-state index is 0.0191. The summed E-state index contributed by atoms with van der Waals surface area (Å²) in [6.07, 6.45) is 0. The van der Waals surface area contributed by atoms with Crippen molar-refractivity contribution in [2.45, 2.75) is 12.3 Å². The molecule has 31 heavy (non-hydrogen) atoms. The van der Waals surface area contributed by atoms with E-state index >= 15 is 0 Å². The van der Waals surface area contributed by atoms with Crippen LogP contribution in [-0.2, 0) is 4.79 Å². The summed E-state index contributed by atoms with van der Waals surface area (Å²) >= 11 is 1.54. The lowest BCUT2D eigenvalue weighted by molar-refractivity contribution is -0.115. The quantitative estimate of drug-likeness (QED) is 0.573. The zero-order valence-electron chi connectivity index (χ0n) is 16.9. The number of amides is 2. The molecule has 7 heteroatoms. The van der Waals surface area contributed by atoms with Gasteiger partial charge in [-0.05, 0) is 55.0 Å². The largest absolute Gasteiger partial charge is 0.492 e. The third-order valence-corrected chi connectivity index (χ3v) is 6.05. The highest BCUT2D eigenvalue weighted by Crippen LogP contribution is 2.44. The summed E-state index contributed by atoms with van der Waals surface area (Å²) in [5, 5.41) is 2.58. The van der Waals surface area contributed by atoms with E-state index in [2.05, 4.69) is 5.32 Å². The Bertz CT molecular complexity index is 1100. The van der Waals surface area contributed by atoms with E-state index in [-0.39, 0.29) is 22.8 Å². The van der Waals surface area contributed by atoms with E-state index in [9.17, 15) is 14.0 Å². The summed E-state index contributed by atoms with van der Waals surface area (Å²) in [4.78, 5) is 26.8. The fraction of sp³-hybridized carbons (Fsp3) is 0.167. The molecular weight excluding hydrogens is 415 g/mol. The number of thioether (sulfide) groups is 1. The van der Waals surface area contributed by atoms with Gasteiger partial charge in [0.1, 0.15) is 16.9 Å². The van der Waals surface area contributed by atoms with E-state index in [4.69, 9.17) is 4.74 Å². The average Bonchev–Trinajstić information content (AvgIpc) is 3.16. The maximum Gasteiger partial charge on any atom is 0.255 e. The van der Waals surface area contributed by atoms with E-state index in [1.54, 1.807) is 34.9 Å². The number of hydrogen-bond acceptors (Lipinski definition) is 4. The Balaban J connectivity index is 1.54. The lowest BCUT2D eigenvalue weighted by atomic mass is 10.1. The molecule has 0 radical (unpaired) electrons. The molecule has 1 saturated heterocycles. The van der Waals surface area contributed by atoms with Crippen molar-refractivity contribution in [3.8, 4) is 5.75 Å². The van der Waals surface area contributed by atoms with Crippen LogP contribution < -0.4 is 15.0 Å². The second kappa shape index (κ2) is 9.22. The third kappa shape index (κ3) is 4.56. The van der Waals surface area contributed by atoms with Gasteiger partial charge in [0.2, 0.25) is 5.91 Å². The van der Waals surface area contributed by atoms with Gasteiger partial charge in [0.15, 0.2) is 0 Å². The Hall–Kier alpha value is -3.32. The van der Waals surface area contributed by atoms with Crippen LogP contribution >= 0.6 is 11.8 Å². The predicted octanol–water partition coefficient (Wildman–Crippen LogP) is 5.26. The number of nitrogens with one attached hydrogen (secondary N) is 1. The zero-order chi connectivity index (χ0) is 21.8. The number of para-hydroxylation sites is 2. The smallest absolute Gasteiger partial charge is 0.255 e. The Labute approximate surface area is 184 Å². The summed E-state index contributed by atoms with van der Waals surface area (Å²) in [5.41, 5.74) is 2.52. The summed E-state index contributed by atoms with van der Waals surface area (Å²) < 4.78 is 19.1. The minimum Gasteiger partial charge on any atom is -0.492 e. The van der Waals surface area contributed by atoms with Gasteiger partial charge in [0.25, 0.3) is 5.91 Å². The monoisotopic (exact) mass is 436 g/mol. The lowest BCUT2D eigenvalue weighted by Gasteiger charge is -2.26. The van der Waals surface area contributed by atoms with Crippen LogP contribution in [0.3, 0.4) is 0 Å². The molecule has 0 aromatic heterocycles. The standard InChI is InChI=1S/C24H21FN2O3S/c1-2-30-21-9-4-3-8-20(21)27-22(28)15-31-24(27)16-10-12-19(13-11-16)26-23(29)17-6-5-7-18(25)14-17/h3-14,24H,2,15H2,1H3,(H,26,29)/t24-/m0/s1. The molecule has 0 saturated carbocycles. The molecule has 1 fully saturated rings. The van der Waals surface area contributed by atoms with Crippen molar-refractivity contribution < 1.29 is 18.7 Å². The molecule has 0 aliphatic carbocycles. The highest BCUT2D eigenvalue weighted by atomic mass is 32.2. The van der Waals surface area contributed by atoms with Gasteiger partial charge in [-0.3, -0.25) is 14.5 Å². The molecule has 1 aliphatic heterocycles. The van der Waals surface area contributed by atoms with Crippen molar-refractivity contribution >= 4 is 35.0 Å². The molecule has 3 aromatic rings. The van der Waals surface area contributed by atoms with Gasteiger partial charge in [0.05, 0.1) is 18.0 Å². The molecule has 0 bridgehead atoms. The van der Waals surface area contributed by atoms with Crippen LogP contribution in [0.4, 0.5) is 15.8 Å². The first-order valence-electron chi connectivity index (χ1n) is 9.89. The molecule has 1 N–H and O–H groups in total. The van der Waals surface area contributed by atoms with Crippen molar-refractivity contribution in [3.05, 3.63) is 89.7 Å². The Morgan fingerprint density at radius 2 is 1.90 bits per heavy atom. The topological polar surface area (TPSA) is 58.6 Å². The Kier molecular flexibility index (Phi) is 6.23.